The SMILES string of the molecule is CCC(OC)C(OC)C(C)C. The highest BCUT2D eigenvalue weighted by atomic mass is 16.5. The summed E-state index contributed by atoms with van der Waals surface area (Å²) in [4.78, 5) is 0. The minimum Gasteiger partial charge on any atom is -0.379 e. The molecule has 0 N–H and O–H groups in total. The van der Waals surface area contributed by atoms with Gasteiger partial charge in [0.25, 0.3) is 0 Å². The summed E-state index contributed by atoms with van der Waals surface area (Å²) in [6.07, 6.45) is 1.47. The van der Waals surface area contributed by atoms with Gasteiger partial charge in [0.2, 0.25) is 0 Å². The second kappa shape index (κ2) is 5.56. The van der Waals surface area contributed by atoms with Crippen molar-refractivity contribution in [2.75, 3.05) is 14.2 Å². The third-order valence-corrected chi connectivity index (χ3v) is 2.00. The van der Waals surface area contributed by atoms with E-state index >= 15 is 0 Å². The molecule has 0 aromatic heterocycles. The highest BCUT2D eigenvalue weighted by Gasteiger charge is 2.21. The van der Waals surface area contributed by atoms with E-state index in [9.17, 15) is 0 Å². The van der Waals surface area contributed by atoms with E-state index in [0.29, 0.717) is 5.92 Å². The smallest absolute Gasteiger partial charge is 0.0855 e. The Hall–Kier alpha value is -0.0800. The Labute approximate surface area is 69.9 Å². The fourth-order valence-electron chi connectivity index (χ4n) is 1.39. The molecule has 0 bridgehead atoms. The molecule has 0 rings (SSSR count). The minimum absolute atomic E-state index is 0.227. The molecule has 0 spiro atoms. The summed E-state index contributed by atoms with van der Waals surface area (Å²) in [5.41, 5.74) is 0. The van der Waals surface area contributed by atoms with Crippen molar-refractivity contribution in [3.63, 3.8) is 0 Å². The molecular formula is C9H20O2. The van der Waals surface area contributed by atoms with Crippen molar-refractivity contribution in [2.24, 2.45) is 5.92 Å². The monoisotopic (exact) mass is 160 g/mol. The fourth-order valence-corrected chi connectivity index (χ4v) is 1.39. The highest BCUT2D eigenvalue weighted by molar-refractivity contribution is 4.71. The molecular weight excluding hydrogens is 140 g/mol. The van der Waals surface area contributed by atoms with Crippen LogP contribution in [-0.4, -0.2) is 26.4 Å². The van der Waals surface area contributed by atoms with Crippen molar-refractivity contribution in [3.05, 3.63) is 0 Å². The molecule has 2 atom stereocenters. The van der Waals surface area contributed by atoms with E-state index in [2.05, 4.69) is 20.8 Å². The Kier molecular flexibility index (Phi) is 5.51. The zero-order chi connectivity index (χ0) is 8.85. The first-order valence-electron chi connectivity index (χ1n) is 4.22. The van der Waals surface area contributed by atoms with Crippen molar-refractivity contribution in [1.29, 1.82) is 0 Å². The number of methoxy groups -OCH3 is 2. The molecule has 0 heterocycles. The Bertz CT molecular complexity index is 87.6. The van der Waals surface area contributed by atoms with Gasteiger partial charge in [0, 0.05) is 14.2 Å². The van der Waals surface area contributed by atoms with E-state index in [1.807, 2.05) is 0 Å². The third kappa shape index (κ3) is 3.21. The van der Waals surface area contributed by atoms with Crippen LogP contribution in [0.4, 0.5) is 0 Å². The van der Waals surface area contributed by atoms with Crippen LogP contribution < -0.4 is 0 Å². The number of rotatable bonds is 5. The summed E-state index contributed by atoms with van der Waals surface area (Å²) in [6.45, 7) is 6.41. The highest BCUT2D eigenvalue weighted by Crippen LogP contribution is 2.14. The summed E-state index contributed by atoms with van der Waals surface area (Å²) in [5, 5.41) is 0. The Morgan fingerprint density at radius 2 is 1.64 bits per heavy atom. The molecule has 0 aliphatic carbocycles. The Morgan fingerprint density at radius 3 is 1.73 bits per heavy atom. The van der Waals surface area contributed by atoms with Gasteiger partial charge in [-0.1, -0.05) is 20.8 Å². The van der Waals surface area contributed by atoms with Crippen molar-refractivity contribution >= 4 is 0 Å². The number of ether oxygens (including phenoxy) is 2. The van der Waals surface area contributed by atoms with Gasteiger partial charge in [-0.3, -0.25) is 0 Å². The maximum atomic E-state index is 5.33. The van der Waals surface area contributed by atoms with Gasteiger partial charge in [-0.05, 0) is 12.3 Å². The van der Waals surface area contributed by atoms with Crippen LogP contribution in [0.15, 0.2) is 0 Å². The molecule has 68 valence electrons. The van der Waals surface area contributed by atoms with Gasteiger partial charge in [-0.15, -0.1) is 0 Å². The topological polar surface area (TPSA) is 18.5 Å². The molecule has 11 heavy (non-hydrogen) atoms. The lowest BCUT2D eigenvalue weighted by molar-refractivity contribution is -0.0589. The van der Waals surface area contributed by atoms with Gasteiger partial charge < -0.3 is 9.47 Å². The van der Waals surface area contributed by atoms with Crippen LogP contribution in [0, 0.1) is 5.92 Å². The fraction of sp³-hybridized carbons (Fsp3) is 1.00. The van der Waals surface area contributed by atoms with Gasteiger partial charge in [0.05, 0.1) is 12.2 Å². The van der Waals surface area contributed by atoms with Crippen molar-refractivity contribution in [1.82, 2.24) is 0 Å². The molecule has 0 aliphatic rings. The second-order valence-electron chi connectivity index (χ2n) is 3.13. The van der Waals surface area contributed by atoms with E-state index < -0.39 is 0 Å². The summed E-state index contributed by atoms with van der Waals surface area (Å²) in [5.74, 6) is 0.518. The first-order valence-corrected chi connectivity index (χ1v) is 4.22. The lowest BCUT2D eigenvalue weighted by Gasteiger charge is -2.26. The molecule has 0 fully saturated rings. The Balaban J connectivity index is 3.98. The van der Waals surface area contributed by atoms with Crippen LogP contribution in [0.2, 0.25) is 0 Å². The van der Waals surface area contributed by atoms with Gasteiger partial charge >= 0.3 is 0 Å². The van der Waals surface area contributed by atoms with Gasteiger partial charge in [-0.2, -0.15) is 0 Å². The molecule has 2 nitrogen and oxygen atoms in total. The first kappa shape index (κ1) is 10.9. The molecule has 0 aromatic carbocycles. The van der Waals surface area contributed by atoms with Crippen molar-refractivity contribution in [2.45, 2.75) is 39.4 Å². The minimum atomic E-state index is 0.227. The summed E-state index contributed by atoms with van der Waals surface area (Å²) in [7, 11) is 3.48. The normalized spacial score (nSPS) is 16.9. The van der Waals surface area contributed by atoms with Crippen LogP contribution in [0.1, 0.15) is 27.2 Å². The largest absolute Gasteiger partial charge is 0.379 e. The quantitative estimate of drug-likeness (QED) is 0.613. The summed E-state index contributed by atoms with van der Waals surface area (Å²) < 4.78 is 10.6. The molecule has 0 amide bonds. The van der Waals surface area contributed by atoms with E-state index in [1.54, 1.807) is 14.2 Å². The molecule has 0 aliphatic heterocycles. The van der Waals surface area contributed by atoms with Gasteiger partial charge in [0.1, 0.15) is 0 Å². The van der Waals surface area contributed by atoms with E-state index in [-0.39, 0.29) is 12.2 Å². The predicted octanol–water partition coefficient (Wildman–Crippen LogP) is 2.08. The van der Waals surface area contributed by atoms with E-state index in [0.717, 1.165) is 6.42 Å². The molecule has 0 saturated heterocycles. The lowest BCUT2D eigenvalue weighted by atomic mass is 10.00. The maximum absolute atomic E-state index is 5.33. The molecule has 0 saturated carbocycles. The average molecular weight is 160 g/mol. The standard InChI is InChI=1S/C9H20O2/c1-6-8(10-4)9(11-5)7(2)3/h7-9H,6H2,1-5H3. The third-order valence-electron chi connectivity index (χ3n) is 2.00. The first-order chi connectivity index (χ1) is 5.17. The summed E-state index contributed by atoms with van der Waals surface area (Å²) >= 11 is 0. The van der Waals surface area contributed by atoms with Crippen molar-refractivity contribution in [3.8, 4) is 0 Å². The second-order valence-corrected chi connectivity index (χ2v) is 3.13. The molecule has 0 radical (unpaired) electrons. The van der Waals surface area contributed by atoms with Gasteiger partial charge in [0.15, 0.2) is 0 Å². The van der Waals surface area contributed by atoms with Crippen LogP contribution >= 0.6 is 0 Å². The van der Waals surface area contributed by atoms with Crippen LogP contribution in [0.3, 0.4) is 0 Å². The van der Waals surface area contributed by atoms with Crippen LogP contribution in [-0.2, 0) is 9.47 Å². The maximum Gasteiger partial charge on any atom is 0.0855 e. The van der Waals surface area contributed by atoms with Gasteiger partial charge in [-0.25, -0.2) is 0 Å². The number of hydrogen-bond donors (Lipinski definition) is 0. The molecule has 2 unspecified atom stereocenters. The Morgan fingerprint density at radius 1 is 1.09 bits per heavy atom. The summed E-state index contributed by atoms with van der Waals surface area (Å²) in [6, 6.07) is 0. The average Bonchev–Trinajstić information content (AvgIpc) is 1.99. The lowest BCUT2D eigenvalue weighted by Crippen LogP contribution is -2.33. The van der Waals surface area contributed by atoms with Crippen LogP contribution in [0.5, 0.6) is 0 Å². The van der Waals surface area contributed by atoms with Crippen LogP contribution in [0.25, 0.3) is 0 Å². The zero-order valence-electron chi connectivity index (χ0n) is 8.26. The predicted molar refractivity (Wildman–Crippen MR) is 46.7 cm³/mol. The van der Waals surface area contributed by atoms with Crippen molar-refractivity contribution < 1.29 is 9.47 Å². The molecule has 2 heteroatoms. The van der Waals surface area contributed by atoms with E-state index in [4.69, 9.17) is 9.47 Å². The zero-order valence-corrected chi connectivity index (χ0v) is 8.26. The number of hydrogen-bond acceptors (Lipinski definition) is 2. The molecule has 0 aromatic rings. The van der Waals surface area contributed by atoms with E-state index in [1.165, 1.54) is 0 Å².